The minimum atomic E-state index is -1.02. The Morgan fingerprint density at radius 3 is 1.47 bits per heavy atom. The molecule has 0 bridgehead atoms. The summed E-state index contributed by atoms with van der Waals surface area (Å²) in [6.07, 6.45) is 51.9. The predicted octanol–water partition coefficient (Wildman–Crippen LogP) is 12.8. The number of rotatable bonds is 37. The van der Waals surface area contributed by atoms with Crippen LogP contribution in [0.1, 0.15) is 194 Å². The van der Waals surface area contributed by atoms with Crippen LogP contribution in [0.5, 0.6) is 0 Å². The first-order valence-electron chi connectivity index (χ1n) is 20.9. The number of esters is 1. The van der Waals surface area contributed by atoms with Gasteiger partial charge in [-0.15, -0.1) is 0 Å². The van der Waals surface area contributed by atoms with Crippen LogP contribution in [0.2, 0.25) is 0 Å². The fourth-order valence-corrected chi connectivity index (χ4v) is 5.89. The molecule has 0 aromatic rings. The normalized spacial score (nSPS) is 12.7. The number of aliphatic carboxylic acids is 1. The van der Waals surface area contributed by atoms with Gasteiger partial charge in [0.25, 0.3) is 0 Å². The quantitative estimate of drug-likeness (QED) is 0.0380. The maximum Gasteiger partial charge on any atom is 0.322 e. The lowest BCUT2D eigenvalue weighted by atomic mass is 10.0. The van der Waals surface area contributed by atoms with E-state index in [0.717, 1.165) is 109 Å². The Balaban J connectivity index is 4.20. The number of amides is 1. The molecule has 2 N–H and O–H groups in total. The van der Waals surface area contributed by atoms with Crippen molar-refractivity contribution in [3.63, 3.8) is 0 Å². The highest BCUT2D eigenvalue weighted by Crippen LogP contribution is 2.19. The van der Waals surface area contributed by atoms with Crippen LogP contribution in [0.15, 0.2) is 60.8 Å². The van der Waals surface area contributed by atoms with Gasteiger partial charge in [-0.25, -0.2) is 0 Å². The highest BCUT2D eigenvalue weighted by molar-refractivity contribution is 5.80. The molecule has 1 atom stereocenters. The lowest BCUT2D eigenvalue weighted by Crippen LogP contribution is -2.28. The Labute approximate surface area is 313 Å². The molecule has 1 amide bonds. The van der Waals surface area contributed by atoms with Gasteiger partial charge in [0.1, 0.15) is 12.6 Å². The Morgan fingerprint density at radius 2 is 0.961 bits per heavy atom. The van der Waals surface area contributed by atoms with Crippen LogP contribution < -0.4 is 5.32 Å². The van der Waals surface area contributed by atoms with Crippen LogP contribution in [0.4, 0.5) is 0 Å². The SMILES string of the molecule is CC/C=C\C/C=C\C/C=C\C/C=C\C/C=C\CCCCCC(=O)OC(CCCCCCCCCCCC)CCCCCCCC(=O)NCC(=O)O. The first-order chi connectivity index (χ1) is 25.0. The van der Waals surface area contributed by atoms with Gasteiger partial charge >= 0.3 is 11.9 Å². The van der Waals surface area contributed by atoms with E-state index in [9.17, 15) is 14.4 Å². The molecule has 6 heteroatoms. The summed E-state index contributed by atoms with van der Waals surface area (Å²) in [6.45, 7) is 4.10. The third-order valence-electron chi connectivity index (χ3n) is 8.95. The van der Waals surface area contributed by atoms with Crippen molar-refractivity contribution >= 4 is 17.8 Å². The highest BCUT2D eigenvalue weighted by atomic mass is 16.5. The molecule has 0 aromatic carbocycles. The largest absolute Gasteiger partial charge is 0.480 e. The molecular formula is C45H77NO5. The smallest absolute Gasteiger partial charge is 0.322 e. The Kier molecular flexibility index (Phi) is 37.6. The predicted molar refractivity (Wildman–Crippen MR) is 217 cm³/mol. The maximum absolute atomic E-state index is 12.7. The van der Waals surface area contributed by atoms with Crippen molar-refractivity contribution in [2.45, 2.75) is 200 Å². The fourth-order valence-electron chi connectivity index (χ4n) is 5.89. The summed E-state index contributed by atoms with van der Waals surface area (Å²) in [5.41, 5.74) is 0. The molecule has 0 rings (SSSR count). The zero-order valence-electron chi connectivity index (χ0n) is 32.9. The monoisotopic (exact) mass is 712 g/mol. The molecule has 51 heavy (non-hydrogen) atoms. The number of carboxylic acids is 1. The van der Waals surface area contributed by atoms with E-state index in [1.807, 2.05) is 0 Å². The van der Waals surface area contributed by atoms with Gasteiger partial charge in [0.2, 0.25) is 5.91 Å². The van der Waals surface area contributed by atoms with Crippen LogP contribution in [0, 0.1) is 0 Å². The number of ether oxygens (including phenoxy) is 1. The second-order valence-electron chi connectivity index (χ2n) is 13.9. The maximum atomic E-state index is 12.7. The van der Waals surface area contributed by atoms with E-state index < -0.39 is 5.97 Å². The van der Waals surface area contributed by atoms with Gasteiger partial charge < -0.3 is 15.2 Å². The van der Waals surface area contributed by atoms with Gasteiger partial charge in [0.05, 0.1) is 0 Å². The van der Waals surface area contributed by atoms with E-state index >= 15 is 0 Å². The third-order valence-corrected chi connectivity index (χ3v) is 8.95. The van der Waals surface area contributed by atoms with Gasteiger partial charge in [0.15, 0.2) is 0 Å². The molecule has 0 aromatic heterocycles. The van der Waals surface area contributed by atoms with Crippen molar-refractivity contribution < 1.29 is 24.2 Å². The number of carbonyl (C=O) groups is 3. The summed E-state index contributed by atoms with van der Waals surface area (Å²) in [5, 5.41) is 11.1. The summed E-state index contributed by atoms with van der Waals surface area (Å²) in [4.78, 5) is 35.0. The molecule has 0 aliphatic rings. The Hall–Kier alpha value is -2.89. The van der Waals surface area contributed by atoms with Crippen LogP contribution in [-0.2, 0) is 19.1 Å². The van der Waals surface area contributed by atoms with Gasteiger partial charge in [-0.05, 0) is 83.5 Å². The second kappa shape index (κ2) is 39.9. The number of carbonyl (C=O) groups excluding carboxylic acids is 2. The molecule has 0 spiro atoms. The summed E-state index contributed by atoms with van der Waals surface area (Å²) >= 11 is 0. The highest BCUT2D eigenvalue weighted by Gasteiger charge is 2.14. The summed E-state index contributed by atoms with van der Waals surface area (Å²) < 4.78 is 6.00. The van der Waals surface area contributed by atoms with Crippen molar-refractivity contribution in [2.24, 2.45) is 0 Å². The number of nitrogens with one attached hydrogen (secondary N) is 1. The average Bonchev–Trinajstić information content (AvgIpc) is 3.11. The van der Waals surface area contributed by atoms with E-state index in [-0.39, 0.29) is 24.5 Å². The summed E-state index contributed by atoms with van der Waals surface area (Å²) in [5.74, 6) is -1.27. The zero-order chi connectivity index (χ0) is 37.3. The van der Waals surface area contributed by atoms with Crippen molar-refractivity contribution in [3.8, 4) is 0 Å². The topological polar surface area (TPSA) is 92.7 Å². The minimum Gasteiger partial charge on any atom is -0.480 e. The van der Waals surface area contributed by atoms with Gasteiger partial charge in [-0.2, -0.15) is 0 Å². The molecule has 6 nitrogen and oxygen atoms in total. The van der Waals surface area contributed by atoms with E-state index in [1.165, 1.54) is 57.8 Å². The minimum absolute atomic E-state index is 0.00892. The van der Waals surface area contributed by atoms with Crippen LogP contribution >= 0.6 is 0 Å². The molecular weight excluding hydrogens is 634 g/mol. The van der Waals surface area contributed by atoms with Crippen molar-refractivity contribution in [1.29, 1.82) is 0 Å². The Morgan fingerprint density at radius 1 is 0.529 bits per heavy atom. The molecule has 292 valence electrons. The van der Waals surface area contributed by atoms with Crippen LogP contribution in [0.25, 0.3) is 0 Å². The molecule has 0 saturated carbocycles. The van der Waals surface area contributed by atoms with Crippen LogP contribution in [-0.4, -0.2) is 35.6 Å². The van der Waals surface area contributed by atoms with Crippen molar-refractivity contribution in [1.82, 2.24) is 5.32 Å². The second-order valence-corrected chi connectivity index (χ2v) is 13.9. The molecule has 0 heterocycles. The van der Waals surface area contributed by atoms with Gasteiger partial charge in [-0.3, -0.25) is 14.4 Å². The first-order valence-corrected chi connectivity index (χ1v) is 20.9. The van der Waals surface area contributed by atoms with Crippen LogP contribution in [0.3, 0.4) is 0 Å². The van der Waals surface area contributed by atoms with Gasteiger partial charge in [-0.1, -0.05) is 158 Å². The molecule has 0 aliphatic carbocycles. The lowest BCUT2D eigenvalue weighted by Gasteiger charge is -2.18. The van der Waals surface area contributed by atoms with E-state index in [0.29, 0.717) is 12.8 Å². The third kappa shape index (κ3) is 39.7. The number of unbranched alkanes of at least 4 members (excludes halogenated alkanes) is 16. The zero-order valence-corrected chi connectivity index (χ0v) is 32.9. The average molecular weight is 712 g/mol. The number of hydrogen-bond donors (Lipinski definition) is 2. The summed E-state index contributed by atoms with van der Waals surface area (Å²) in [6, 6.07) is 0. The number of hydrogen-bond acceptors (Lipinski definition) is 4. The first kappa shape index (κ1) is 48.1. The molecule has 1 unspecified atom stereocenters. The van der Waals surface area contributed by atoms with Crippen molar-refractivity contribution in [3.05, 3.63) is 60.8 Å². The number of carboxylic acid groups (broad SMARTS) is 1. The fraction of sp³-hybridized carbons (Fsp3) is 0.711. The van der Waals surface area contributed by atoms with Crippen molar-refractivity contribution in [2.75, 3.05) is 6.54 Å². The molecule has 0 aliphatic heterocycles. The molecule has 0 fully saturated rings. The lowest BCUT2D eigenvalue weighted by molar-refractivity contribution is -0.150. The molecule has 0 radical (unpaired) electrons. The van der Waals surface area contributed by atoms with E-state index in [1.54, 1.807) is 0 Å². The number of allylic oxidation sites excluding steroid dienone is 10. The summed E-state index contributed by atoms with van der Waals surface area (Å²) in [7, 11) is 0. The molecule has 0 saturated heterocycles. The van der Waals surface area contributed by atoms with E-state index in [2.05, 4.69) is 79.9 Å². The van der Waals surface area contributed by atoms with E-state index in [4.69, 9.17) is 9.84 Å². The standard InChI is InChI=1S/C45H77NO5/c1-3-5-7-9-11-13-15-16-17-18-19-20-21-22-23-25-27-32-36-40-45(50)51-42(37-33-29-26-24-14-12-10-8-6-4-2)38-34-30-28-31-35-39-43(47)46-41-44(48)49/h5,7,11,13,16-17,19-20,22-23,42H,3-4,6,8-10,12,14-15,18,21,24-41H2,1-2H3,(H,46,47)(H,48,49)/b7-5-,13-11-,17-16-,20-19-,23-22-. The Bertz CT molecular complexity index is 964. The van der Waals surface area contributed by atoms with Gasteiger partial charge in [0, 0.05) is 12.8 Å².